The van der Waals surface area contributed by atoms with Crippen molar-refractivity contribution in [2.75, 3.05) is 6.54 Å². The SMILES string of the molecule is C=C/C=C1/C[C@@H](C(=O)O)CN(S(=O)[O-])/C1=C/C=C. The third-order valence-electron chi connectivity index (χ3n) is 2.57. The van der Waals surface area contributed by atoms with Gasteiger partial charge >= 0.3 is 5.97 Å². The Bertz CT molecular complexity index is 453. The summed E-state index contributed by atoms with van der Waals surface area (Å²) >= 11 is -2.52. The van der Waals surface area contributed by atoms with Crippen molar-refractivity contribution < 1.29 is 18.7 Å². The largest absolute Gasteiger partial charge is 0.755 e. The Morgan fingerprint density at radius 2 is 2.06 bits per heavy atom. The third-order valence-corrected chi connectivity index (χ3v) is 3.28. The molecule has 0 spiro atoms. The summed E-state index contributed by atoms with van der Waals surface area (Å²) < 4.78 is 23.4. The number of carbonyl (C=O) groups is 1. The number of piperidine rings is 1. The van der Waals surface area contributed by atoms with E-state index in [4.69, 9.17) is 5.11 Å². The summed E-state index contributed by atoms with van der Waals surface area (Å²) in [5, 5.41) is 9.02. The van der Waals surface area contributed by atoms with Crippen LogP contribution in [0.1, 0.15) is 6.42 Å². The van der Waals surface area contributed by atoms with Crippen LogP contribution in [0.4, 0.5) is 0 Å². The van der Waals surface area contributed by atoms with Crippen LogP contribution >= 0.6 is 0 Å². The van der Waals surface area contributed by atoms with Gasteiger partial charge in [-0.1, -0.05) is 31.4 Å². The molecule has 1 heterocycles. The van der Waals surface area contributed by atoms with Crippen molar-refractivity contribution in [1.29, 1.82) is 0 Å². The highest BCUT2D eigenvalue weighted by atomic mass is 32.2. The molecule has 98 valence electrons. The van der Waals surface area contributed by atoms with E-state index in [9.17, 15) is 13.6 Å². The van der Waals surface area contributed by atoms with Crippen molar-refractivity contribution in [2.24, 2.45) is 5.92 Å². The van der Waals surface area contributed by atoms with Crippen molar-refractivity contribution in [3.05, 3.63) is 48.7 Å². The van der Waals surface area contributed by atoms with Gasteiger partial charge in [-0.15, -0.1) is 0 Å². The van der Waals surface area contributed by atoms with Crippen LogP contribution in [-0.4, -0.2) is 30.7 Å². The molecule has 1 rings (SSSR count). The Kier molecular flexibility index (Phi) is 5.06. The topological polar surface area (TPSA) is 80.7 Å². The lowest BCUT2D eigenvalue weighted by Gasteiger charge is -2.37. The zero-order chi connectivity index (χ0) is 13.7. The molecule has 0 saturated carbocycles. The maximum Gasteiger partial charge on any atom is 0.308 e. The van der Waals surface area contributed by atoms with Gasteiger partial charge in [0.2, 0.25) is 0 Å². The summed E-state index contributed by atoms with van der Waals surface area (Å²) in [7, 11) is 0. The molecular weight excluding hydrogens is 254 g/mol. The molecule has 0 radical (unpaired) electrons. The highest BCUT2D eigenvalue weighted by molar-refractivity contribution is 7.76. The molecule has 0 aromatic carbocycles. The van der Waals surface area contributed by atoms with Crippen molar-refractivity contribution >= 4 is 17.2 Å². The predicted molar refractivity (Wildman–Crippen MR) is 67.9 cm³/mol. The van der Waals surface area contributed by atoms with Gasteiger partial charge in [0.05, 0.1) is 11.6 Å². The molecule has 5 nitrogen and oxygen atoms in total. The van der Waals surface area contributed by atoms with Crippen LogP contribution in [0, 0.1) is 5.92 Å². The molecule has 0 bridgehead atoms. The van der Waals surface area contributed by atoms with Gasteiger partial charge < -0.3 is 14.0 Å². The van der Waals surface area contributed by atoms with Crippen LogP contribution in [0.5, 0.6) is 0 Å². The monoisotopic (exact) mass is 268 g/mol. The first-order valence-electron chi connectivity index (χ1n) is 5.25. The van der Waals surface area contributed by atoms with E-state index in [1.54, 1.807) is 12.2 Å². The fourth-order valence-corrected chi connectivity index (χ4v) is 2.44. The third kappa shape index (κ3) is 3.18. The molecule has 6 heteroatoms. The van der Waals surface area contributed by atoms with Crippen molar-refractivity contribution in [1.82, 2.24) is 4.31 Å². The summed E-state index contributed by atoms with van der Waals surface area (Å²) in [5.41, 5.74) is 1.06. The normalized spacial score (nSPS) is 26.1. The molecule has 0 aliphatic carbocycles. The molecule has 1 saturated heterocycles. The lowest BCUT2D eigenvalue weighted by Crippen LogP contribution is -2.39. The van der Waals surface area contributed by atoms with Gasteiger partial charge in [0.25, 0.3) is 0 Å². The fourth-order valence-electron chi connectivity index (χ4n) is 1.80. The van der Waals surface area contributed by atoms with E-state index in [1.165, 1.54) is 12.2 Å². The van der Waals surface area contributed by atoms with Crippen molar-refractivity contribution in [3.63, 3.8) is 0 Å². The maximum atomic E-state index is 11.2. The molecule has 0 amide bonds. The van der Waals surface area contributed by atoms with E-state index in [-0.39, 0.29) is 13.0 Å². The number of nitrogens with zero attached hydrogens (tertiary/aromatic N) is 1. The zero-order valence-electron chi connectivity index (χ0n) is 9.74. The summed E-state index contributed by atoms with van der Waals surface area (Å²) in [4.78, 5) is 11.0. The molecule has 0 aromatic rings. The van der Waals surface area contributed by atoms with Gasteiger partial charge in [-0.3, -0.25) is 9.00 Å². The number of hydrogen-bond donors (Lipinski definition) is 1. The van der Waals surface area contributed by atoms with Crippen molar-refractivity contribution in [3.8, 4) is 0 Å². The molecule has 2 atom stereocenters. The number of aliphatic carboxylic acids is 1. The van der Waals surface area contributed by atoms with Crippen LogP contribution in [0.25, 0.3) is 0 Å². The fraction of sp³-hybridized carbons (Fsp3) is 0.250. The first-order chi connectivity index (χ1) is 8.51. The van der Waals surface area contributed by atoms with E-state index < -0.39 is 23.2 Å². The smallest absolute Gasteiger partial charge is 0.308 e. The van der Waals surface area contributed by atoms with Crippen LogP contribution < -0.4 is 0 Å². The minimum Gasteiger partial charge on any atom is -0.755 e. The summed E-state index contributed by atoms with van der Waals surface area (Å²) in [6.07, 6.45) is 6.40. The summed E-state index contributed by atoms with van der Waals surface area (Å²) in [5.74, 6) is -1.77. The highest BCUT2D eigenvalue weighted by Crippen LogP contribution is 2.31. The number of allylic oxidation sites excluding steroid dienone is 5. The molecule has 1 aliphatic rings. The Morgan fingerprint density at radius 1 is 1.44 bits per heavy atom. The second-order valence-electron chi connectivity index (χ2n) is 3.73. The number of carboxylic acids is 1. The number of hydrogen-bond acceptors (Lipinski definition) is 3. The van der Waals surface area contributed by atoms with E-state index in [0.717, 1.165) is 4.31 Å². The van der Waals surface area contributed by atoms with Gasteiger partial charge in [-0.2, -0.15) is 0 Å². The second kappa shape index (κ2) is 6.32. The van der Waals surface area contributed by atoms with Gasteiger partial charge in [0.1, 0.15) is 0 Å². The second-order valence-corrected chi connectivity index (χ2v) is 4.61. The maximum absolute atomic E-state index is 11.2. The average molecular weight is 268 g/mol. The summed E-state index contributed by atoms with van der Waals surface area (Å²) in [6, 6.07) is 0. The Hall–Kier alpha value is -1.66. The molecule has 1 aliphatic heterocycles. The van der Waals surface area contributed by atoms with Crippen molar-refractivity contribution in [2.45, 2.75) is 6.42 Å². The van der Waals surface area contributed by atoms with E-state index >= 15 is 0 Å². The van der Waals surface area contributed by atoms with Crippen LogP contribution in [0.3, 0.4) is 0 Å². The van der Waals surface area contributed by atoms with Gasteiger partial charge in [0.15, 0.2) is 0 Å². The number of rotatable bonds is 4. The first kappa shape index (κ1) is 14.4. The lowest BCUT2D eigenvalue weighted by molar-refractivity contribution is -0.142. The van der Waals surface area contributed by atoms with Gasteiger partial charge in [0, 0.05) is 17.8 Å². The minimum absolute atomic E-state index is 0.0698. The Balaban J connectivity index is 3.21. The Morgan fingerprint density at radius 3 is 2.50 bits per heavy atom. The summed E-state index contributed by atoms with van der Waals surface area (Å²) in [6.45, 7) is 6.99. The molecule has 18 heavy (non-hydrogen) atoms. The van der Waals surface area contributed by atoms with E-state index in [0.29, 0.717) is 11.3 Å². The molecule has 1 fully saturated rings. The van der Waals surface area contributed by atoms with Gasteiger partial charge in [-0.05, 0) is 18.1 Å². The first-order valence-corrected chi connectivity index (χ1v) is 6.28. The van der Waals surface area contributed by atoms with Crippen LogP contribution in [-0.2, 0) is 16.1 Å². The van der Waals surface area contributed by atoms with E-state index in [1.807, 2.05) is 0 Å². The number of carboxylic acid groups (broad SMARTS) is 1. The zero-order valence-corrected chi connectivity index (χ0v) is 10.6. The standard InChI is InChI=1S/C12H15NO4S/c1-3-5-9-7-10(12(14)15)8-13(18(16)17)11(9)6-4-2/h3-6,10H,1-2,7-8H2,(H,14,15)(H,16,17)/p-1/b9-5-,11-6+/t10-/m1/s1. The molecule has 0 aromatic heterocycles. The predicted octanol–water partition coefficient (Wildman–Crippen LogP) is 1.37. The quantitative estimate of drug-likeness (QED) is 0.781. The van der Waals surface area contributed by atoms with E-state index in [2.05, 4.69) is 13.2 Å². The molecule has 1 unspecified atom stereocenters. The average Bonchev–Trinajstić information content (AvgIpc) is 2.30. The lowest BCUT2D eigenvalue weighted by atomic mass is 9.92. The van der Waals surface area contributed by atoms with Crippen LogP contribution in [0.15, 0.2) is 48.7 Å². The minimum atomic E-state index is -2.52. The highest BCUT2D eigenvalue weighted by Gasteiger charge is 2.31. The molecular formula is C12H14NO4S-. The van der Waals surface area contributed by atoms with Crippen LogP contribution in [0.2, 0.25) is 0 Å². The van der Waals surface area contributed by atoms with Gasteiger partial charge in [-0.25, -0.2) is 0 Å². The molecule has 1 N–H and O–H groups in total. The Labute approximate surface area is 108 Å².